The summed E-state index contributed by atoms with van der Waals surface area (Å²) in [6.45, 7) is 0. The van der Waals surface area contributed by atoms with E-state index < -0.39 is 0 Å². The second kappa shape index (κ2) is 4.42. The number of pyridine rings is 1. The van der Waals surface area contributed by atoms with Gasteiger partial charge in [0.25, 0.3) is 5.91 Å². The summed E-state index contributed by atoms with van der Waals surface area (Å²) in [4.78, 5) is 15.7. The quantitative estimate of drug-likeness (QED) is 0.842. The van der Waals surface area contributed by atoms with Crippen molar-refractivity contribution in [2.75, 3.05) is 11.1 Å². The van der Waals surface area contributed by atoms with E-state index in [-0.39, 0.29) is 11.6 Å². The van der Waals surface area contributed by atoms with E-state index in [4.69, 9.17) is 17.3 Å². The van der Waals surface area contributed by atoms with Crippen LogP contribution in [0.15, 0.2) is 24.4 Å². The van der Waals surface area contributed by atoms with Gasteiger partial charge in [-0.15, -0.1) is 0 Å². The number of nitrogens with one attached hydrogen (secondary N) is 1. The number of carbonyl (C=O) groups is 1. The molecule has 7 heteroatoms. The number of nitrogen functional groups attached to an aromatic ring is 1. The Hall–Kier alpha value is -2.08. The topological polar surface area (TPSA) is 85.8 Å². The average Bonchev–Trinajstić information content (AvgIpc) is 2.63. The zero-order valence-electron chi connectivity index (χ0n) is 9.01. The molecule has 0 saturated carbocycles. The largest absolute Gasteiger partial charge is 0.384 e. The number of carbonyl (C=O) groups excluding carboxylic acids is 1. The van der Waals surface area contributed by atoms with E-state index >= 15 is 0 Å². The molecular formula is C10H10ClN5O. The molecule has 0 spiro atoms. The molecule has 0 fully saturated rings. The summed E-state index contributed by atoms with van der Waals surface area (Å²) in [5.41, 5.74) is 5.82. The summed E-state index contributed by atoms with van der Waals surface area (Å²) in [5.74, 6) is 0.454. The first-order chi connectivity index (χ1) is 8.06. The van der Waals surface area contributed by atoms with Crippen LogP contribution in [0.3, 0.4) is 0 Å². The fraction of sp³-hybridized carbons (Fsp3) is 0.100. The minimum atomic E-state index is -0.368. The number of aryl methyl sites for hydroxylation is 1. The predicted molar refractivity (Wildman–Crippen MR) is 64.8 cm³/mol. The molecule has 0 unspecified atom stereocenters. The van der Waals surface area contributed by atoms with Crippen LogP contribution in [0.4, 0.5) is 11.6 Å². The van der Waals surface area contributed by atoms with Crippen LogP contribution < -0.4 is 11.1 Å². The van der Waals surface area contributed by atoms with Crippen molar-refractivity contribution in [3.05, 3.63) is 35.1 Å². The molecule has 0 atom stereocenters. The second-order valence-electron chi connectivity index (χ2n) is 3.39. The van der Waals surface area contributed by atoms with Gasteiger partial charge in [-0.05, 0) is 12.1 Å². The maximum atomic E-state index is 11.7. The van der Waals surface area contributed by atoms with Crippen LogP contribution in [-0.2, 0) is 7.05 Å². The normalized spacial score (nSPS) is 10.2. The molecule has 6 nitrogen and oxygen atoms in total. The van der Waals surface area contributed by atoms with E-state index in [2.05, 4.69) is 15.4 Å². The first-order valence-corrected chi connectivity index (χ1v) is 5.16. The standard InChI is InChI=1S/C10H10ClN5O/c1-16-8(12)4-7(15-16)10(17)14-9-3-2-6(11)5-13-9/h2-5H,12H2,1H3,(H,13,14,17). The summed E-state index contributed by atoms with van der Waals surface area (Å²) in [7, 11) is 1.66. The van der Waals surface area contributed by atoms with Crippen LogP contribution in [0.1, 0.15) is 10.5 Å². The number of nitrogens with zero attached hydrogens (tertiary/aromatic N) is 3. The van der Waals surface area contributed by atoms with Crippen molar-refractivity contribution >= 4 is 29.1 Å². The number of nitrogens with two attached hydrogens (primary N) is 1. The van der Waals surface area contributed by atoms with Gasteiger partial charge >= 0.3 is 0 Å². The van der Waals surface area contributed by atoms with Crippen molar-refractivity contribution in [2.45, 2.75) is 0 Å². The molecule has 17 heavy (non-hydrogen) atoms. The van der Waals surface area contributed by atoms with Crippen LogP contribution in [0, 0.1) is 0 Å². The summed E-state index contributed by atoms with van der Waals surface area (Å²) < 4.78 is 1.42. The number of anilines is 2. The first kappa shape index (κ1) is 11.4. The number of halogens is 1. The van der Waals surface area contributed by atoms with Crippen molar-refractivity contribution in [1.82, 2.24) is 14.8 Å². The number of hydrogen-bond acceptors (Lipinski definition) is 4. The van der Waals surface area contributed by atoms with Crippen LogP contribution in [0.25, 0.3) is 0 Å². The summed E-state index contributed by atoms with van der Waals surface area (Å²) in [5, 5.41) is 7.04. The molecule has 0 aromatic carbocycles. The lowest BCUT2D eigenvalue weighted by Crippen LogP contribution is -2.13. The zero-order valence-corrected chi connectivity index (χ0v) is 9.77. The fourth-order valence-corrected chi connectivity index (χ4v) is 1.33. The minimum Gasteiger partial charge on any atom is -0.384 e. The van der Waals surface area contributed by atoms with Crippen LogP contribution >= 0.6 is 11.6 Å². The Labute approximate surface area is 102 Å². The molecule has 2 rings (SSSR count). The maximum Gasteiger partial charge on any atom is 0.277 e. The molecule has 88 valence electrons. The fourth-order valence-electron chi connectivity index (χ4n) is 1.22. The van der Waals surface area contributed by atoms with Crippen molar-refractivity contribution in [1.29, 1.82) is 0 Å². The Morgan fingerprint density at radius 3 is 2.82 bits per heavy atom. The molecule has 2 aromatic rings. The molecule has 0 saturated heterocycles. The number of rotatable bonds is 2. The third kappa shape index (κ3) is 2.54. The Morgan fingerprint density at radius 1 is 1.53 bits per heavy atom. The van der Waals surface area contributed by atoms with Gasteiger partial charge in [0.05, 0.1) is 5.02 Å². The van der Waals surface area contributed by atoms with E-state index in [9.17, 15) is 4.79 Å². The summed E-state index contributed by atoms with van der Waals surface area (Å²) in [6, 6.07) is 4.73. The van der Waals surface area contributed by atoms with E-state index in [0.29, 0.717) is 16.7 Å². The van der Waals surface area contributed by atoms with Crippen molar-refractivity contribution in [3.8, 4) is 0 Å². The third-order valence-electron chi connectivity index (χ3n) is 2.12. The molecule has 0 bridgehead atoms. The van der Waals surface area contributed by atoms with E-state index in [1.54, 1.807) is 19.2 Å². The lowest BCUT2D eigenvalue weighted by Gasteiger charge is -2.01. The van der Waals surface area contributed by atoms with Gasteiger partial charge in [-0.3, -0.25) is 9.48 Å². The van der Waals surface area contributed by atoms with Gasteiger partial charge in [0.2, 0.25) is 0 Å². The maximum absolute atomic E-state index is 11.7. The molecule has 0 radical (unpaired) electrons. The van der Waals surface area contributed by atoms with Gasteiger partial charge in [-0.1, -0.05) is 11.6 Å². The lowest BCUT2D eigenvalue weighted by molar-refractivity contribution is 0.102. The average molecular weight is 252 g/mol. The lowest BCUT2D eigenvalue weighted by atomic mass is 10.4. The number of amides is 1. The SMILES string of the molecule is Cn1nc(C(=O)Nc2ccc(Cl)cn2)cc1N. The van der Waals surface area contributed by atoms with Crippen LogP contribution in [0.2, 0.25) is 5.02 Å². The van der Waals surface area contributed by atoms with Gasteiger partial charge < -0.3 is 11.1 Å². The predicted octanol–water partition coefficient (Wildman–Crippen LogP) is 1.30. The zero-order chi connectivity index (χ0) is 12.4. The Kier molecular flexibility index (Phi) is 2.97. The Bertz CT molecular complexity index is 529. The summed E-state index contributed by atoms with van der Waals surface area (Å²) in [6.07, 6.45) is 1.45. The number of aromatic nitrogens is 3. The third-order valence-corrected chi connectivity index (χ3v) is 2.34. The highest BCUT2D eigenvalue weighted by molar-refractivity contribution is 6.30. The number of hydrogen-bond donors (Lipinski definition) is 2. The first-order valence-electron chi connectivity index (χ1n) is 4.78. The van der Waals surface area contributed by atoms with Crippen molar-refractivity contribution < 1.29 is 4.79 Å². The molecule has 0 aliphatic rings. The Balaban J connectivity index is 2.14. The van der Waals surface area contributed by atoms with E-state index in [1.165, 1.54) is 16.9 Å². The highest BCUT2D eigenvalue weighted by Crippen LogP contribution is 2.11. The molecule has 1 amide bonds. The van der Waals surface area contributed by atoms with Crippen LogP contribution in [0.5, 0.6) is 0 Å². The van der Waals surface area contributed by atoms with Crippen molar-refractivity contribution in [2.24, 2.45) is 7.05 Å². The molecular weight excluding hydrogens is 242 g/mol. The van der Waals surface area contributed by atoms with E-state index in [1.807, 2.05) is 0 Å². The van der Waals surface area contributed by atoms with E-state index in [0.717, 1.165) is 0 Å². The highest BCUT2D eigenvalue weighted by Gasteiger charge is 2.11. The summed E-state index contributed by atoms with van der Waals surface area (Å²) >= 11 is 5.68. The van der Waals surface area contributed by atoms with Gasteiger partial charge in [-0.25, -0.2) is 4.98 Å². The minimum absolute atomic E-state index is 0.238. The van der Waals surface area contributed by atoms with Crippen LogP contribution in [-0.4, -0.2) is 20.7 Å². The monoisotopic (exact) mass is 251 g/mol. The smallest absolute Gasteiger partial charge is 0.277 e. The van der Waals surface area contributed by atoms with Gasteiger partial charge in [0.1, 0.15) is 11.6 Å². The van der Waals surface area contributed by atoms with Gasteiger partial charge in [-0.2, -0.15) is 5.10 Å². The highest BCUT2D eigenvalue weighted by atomic mass is 35.5. The molecule has 2 heterocycles. The molecule has 0 aliphatic carbocycles. The second-order valence-corrected chi connectivity index (χ2v) is 3.83. The Morgan fingerprint density at radius 2 is 2.29 bits per heavy atom. The molecule has 3 N–H and O–H groups in total. The van der Waals surface area contributed by atoms with Gasteiger partial charge in [0.15, 0.2) is 5.69 Å². The van der Waals surface area contributed by atoms with Gasteiger partial charge in [0, 0.05) is 19.3 Å². The molecule has 2 aromatic heterocycles. The van der Waals surface area contributed by atoms with Crippen molar-refractivity contribution in [3.63, 3.8) is 0 Å². The molecule has 0 aliphatic heterocycles.